The van der Waals surface area contributed by atoms with E-state index in [1.165, 1.54) is 57.1 Å². The van der Waals surface area contributed by atoms with Crippen LogP contribution in [0, 0.1) is 0 Å². The van der Waals surface area contributed by atoms with E-state index in [1.54, 1.807) is 13.8 Å². The zero-order valence-electron chi connectivity index (χ0n) is 18.3. The van der Waals surface area contributed by atoms with Gasteiger partial charge in [0.2, 0.25) is 20.0 Å². The minimum absolute atomic E-state index is 0.0526. The van der Waals surface area contributed by atoms with Crippen LogP contribution in [0.3, 0.4) is 0 Å². The van der Waals surface area contributed by atoms with Crippen molar-refractivity contribution in [1.29, 1.82) is 0 Å². The van der Waals surface area contributed by atoms with Crippen molar-refractivity contribution in [3.63, 3.8) is 0 Å². The number of carbonyl (C=O) groups excluding carboxylic acids is 1. The van der Waals surface area contributed by atoms with Gasteiger partial charge in [-0.25, -0.2) is 16.8 Å². The lowest BCUT2D eigenvalue weighted by Crippen LogP contribution is -2.35. The molecule has 1 aliphatic heterocycles. The van der Waals surface area contributed by atoms with Crippen LogP contribution in [0.15, 0.2) is 58.3 Å². The second-order valence-corrected chi connectivity index (χ2v) is 11.4. The van der Waals surface area contributed by atoms with Crippen LogP contribution in [0.1, 0.15) is 43.5 Å². The summed E-state index contributed by atoms with van der Waals surface area (Å²) in [6, 6.07) is 11.9. The van der Waals surface area contributed by atoms with Crippen molar-refractivity contribution >= 4 is 31.6 Å². The Bertz CT molecular complexity index is 1150. The molecule has 10 heteroatoms. The predicted molar refractivity (Wildman–Crippen MR) is 124 cm³/mol. The zero-order chi connectivity index (χ0) is 23.4. The number of benzene rings is 2. The molecule has 0 radical (unpaired) electrons. The molecule has 1 heterocycles. The van der Waals surface area contributed by atoms with Gasteiger partial charge in [-0.2, -0.15) is 8.61 Å². The SMILES string of the molecule is CCN(CC)S(=O)(=O)c1cccc(C(=O)Nc2ccc(S(=O)(=O)N3CCCCC3)cc2)c1. The summed E-state index contributed by atoms with van der Waals surface area (Å²) in [5.74, 6) is -0.478. The summed E-state index contributed by atoms with van der Waals surface area (Å²) >= 11 is 0. The molecule has 0 spiro atoms. The van der Waals surface area contributed by atoms with Crippen LogP contribution >= 0.6 is 0 Å². The van der Waals surface area contributed by atoms with E-state index in [0.717, 1.165) is 19.3 Å². The maximum Gasteiger partial charge on any atom is 0.255 e. The summed E-state index contributed by atoms with van der Waals surface area (Å²) in [5, 5.41) is 2.70. The number of sulfonamides is 2. The van der Waals surface area contributed by atoms with Gasteiger partial charge in [-0.3, -0.25) is 4.79 Å². The molecule has 2 aromatic rings. The van der Waals surface area contributed by atoms with Crippen molar-refractivity contribution in [1.82, 2.24) is 8.61 Å². The summed E-state index contributed by atoms with van der Waals surface area (Å²) in [7, 11) is -7.23. The summed E-state index contributed by atoms with van der Waals surface area (Å²) in [5.41, 5.74) is 0.618. The van der Waals surface area contributed by atoms with Gasteiger partial charge in [0.25, 0.3) is 5.91 Å². The molecule has 1 fully saturated rings. The van der Waals surface area contributed by atoms with Gasteiger partial charge < -0.3 is 5.32 Å². The average Bonchev–Trinajstić information content (AvgIpc) is 2.80. The first-order chi connectivity index (χ1) is 15.2. The lowest BCUT2D eigenvalue weighted by molar-refractivity contribution is 0.102. The van der Waals surface area contributed by atoms with E-state index in [2.05, 4.69) is 5.32 Å². The number of nitrogens with zero attached hydrogens (tertiary/aromatic N) is 2. The first-order valence-electron chi connectivity index (χ1n) is 10.7. The van der Waals surface area contributed by atoms with Gasteiger partial charge in [0, 0.05) is 37.4 Å². The van der Waals surface area contributed by atoms with Crippen molar-refractivity contribution < 1.29 is 21.6 Å². The van der Waals surface area contributed by atoms with Crippen LogP contribution in [0.25, 0.3) is 0 Å². The monoisotopic (exact) mass is 479 g/mol. The fraction of sp³-hybridized carbons (Fsp3) is 0.409. The molecule has 1 saturated heterocycles. The molecule has 0 atom stereocenters. The molecule has 0 saturated carbocycles. The molecule has 3 rings (SSSR count). The Morgan fingerprint density at radius 1 is 0.906 bits per heavy atom. The van der Waals surface area contributed by atoms with Gasteiger partial charge in [0.05, 0.1) is 9.79 Å². The highest BCUT2D eigenvalue weighted by molar-refractivity contribution is 7.89. The van der Waals surface area contributed by atoms with Crippen LogP contribution < -0.4 is 5.32 Å². The fourth-order valence-electron chi connectivity index (χ4n) is 3.68. The standard InChI is InChI=1S/C22H29N3O5S2/c1-3-24(4-2)32(29,30)21-10-8-9-18(17-21)22(26)23-19-11-13-20(14-12-19)31(27,28)25-15-6-5-7-16-25/h8-14,17H,3-7,15-16H2,1-2H3,(H,23,26). The minimum atomic E-state index is -3.68. The van der Waals surface area contributed by atoms with Crippen LogP contribution in [-0.2, 0) is 20.0 Å². The van der Waals surface area contributed by atoms with Crippen LogP contribution in [-0.4, -0.2) is 57.5 Å². The first-order valence-corrected chi connectivity index (χ1v) is 13.6. The molecule has 1 N–H and O–H groups in total. The number of piperidine rings is 1. The molecule has 0 aromatic heterocycles. The second-order valence-electron chi connectivity index (χ2n) is 7.56. The summed E-state index contributed by atoms with van der Waals surface area (Å²) in [6.07, 6.45) is 2.75. The predicted octanol–water partition coefficient (Wildman–Crippen LogP) is 3.14. The Morgan fingerprint density at radius 2 is 1.53 bits per heavy atom. The van der Waals surface area contributed by atoms with Crippen molar-refractivity contribution in [2.24, 2.45) is 0 Å². The van der Waals surface area contributed by atoms with E-state index >= 15 is 0 Å². The average molecular weight is 480 g/mol. The Morgan fingerprint density at radius 3 is 2.12 bits per heavy atom. The number of rotatable bonds is 8. The minimum Gasteiger partial charge on any atom is -0.322 e. The third kappa shape index (κ3) is 5.20. The molecule has 32 heavy (non-hydrogen) atoms. The van der Waals surface area contributed by atoms with E-state index in [4.69, 9.17) is 0 Å². The van der Waals surface area contributed by atoms with Crippen molar-refractivity contribution in [2.45, 2.75) is 42.9 Å². The maximum atomic E-state index is 12.8. The van der Waals surface area contributed by atoms with Crippen LogP contribution in [0.2, 0.25) is 0 Å². The molecule has 0 aliphatic carbocycles. The Hall–Kier alpha value is -2.27. The number of carbonyl (C=O) groups is 1. The molecule has 1 amide bonds. The lowest BCUT2D eigenvalue weighted by atomic mass is 10.2. The van der Waals surface area contributed by atoms with Crippen LogP contribution in [0.5, 0.6) is 0 Å². The summed E-state index contributed by atoms with van der Waals surface area (Å²) in [4.78, 5) is 12.9. The largest absolute Gasteiger partial charge is 0.322 e. The third-order valence-electron chi connectivity index (χ3n) is 5.50. The van der Waals surface area contributed by atoms with Crippen molar-refractivity contribution in [3.05, 3.63) is 54.1 Å². The molecule has 2 aromatic carbocycles. The van der Waals surface area contributed by atoms with Gasteiger partial charge in [-0.05, 0) is 55.3 Å². The number of anilines is 1. The molecular formula is C22H29N3O5S2. The molecule has 8 nitrogen and oxygen atoms in total. The Kier molecular flexibility index (Phi) is 7.71. The number of hydrogen-bond donors (Lipinski definition) is 1. The fourth-order valence-corrected chi connectivity index (χ4v) is 6.70. The normalized spacial score (nSPS) is 15.6. The Balaban J connectivity index is 1.75. The molecule has 1 aliphatic rings. The van der Waals surface area contributed by atoms with Crippen LogP contribution in [0.4, 0.5) is 5.69 Å². The number of amides is 1. The number of nitrogens with one attached hydrogen (secondary N) is 1. The van der Waals surface area contributed by atoms with Crippen molar-refractivity contribution in [2.75, 3.05) is 31.5 Å². The summed E-state index contributed by atoms with van der Waals surface area (Å²) < 4.78 is 53.8. The first kappa shape index (κ1) is 24.4. The van der Waals surface area contributed by atoms with Gasteiger partial charge in [0.15, 0.2) is 0 Å². The van der Waals surface area contributed by atoms with E-state index in [-0.39, 0.29) is 15.4 Å². The lowest BCUT2D eigenvalue weighted by Gasteiger charge is -2.25. The molecule has 0 bridgehead atoms. The van der Waals surface area contributed by atoms with Gasteiger partial charge >= 0.3 is 0 Å². The van der Waals surface area contributed by atoms with E-state index < -0.39 is 26.0 Å². The van der Waals surface area contributed by atoms with E-state index in [1.807, 2.05) is 0 Å². The quantitative estimate of drug-likeness (QED) is 0.626. The van der Waals surface area contributed by atoms with Gasteiger partial charge in [-0.1, -0.05) is 26.3 Å². The topological polar surface area (TPSA) is 104 Å². The highest BCUT2D eigenvalue weighted by atomic mass is 32.2. The highest BCUT2D eigenvalue weighted by Crippen LogP contribution is 2.23. The summed E-state index contributed by atoms with van der Waals surface area (Å²) in [6.45, 7) is 5.23. The second kappa shape index (κ2) is 10.1. The Labute approximate surface area is 190 Å². The number of hydrogen-bond acceptors (Lipinski definition) is 5. The molecule has 174 valence electrons. The highest BCUT2D eigenvalue weighted by Gasteiger charge is 2.26. The zero-order valence-corrected chi connectivity index (χ0v) is 20.0. The third-order valence-corrected chi connectivity index (χ3v) is 9.46. The van der Waals surface area contributed by atoms with Crippen molar-refractivity contribution in [3.8, 4) is 0 Å². The molecular weight excluding hydrogens is 450 g/mol. The van der Waals surface area contributed by atoms with Gasteiger partial charge in [0.1, 0.15) is 0 Å². The smallest absolute Gasteiger partial charge is 0.255 e. The van der Waals surface area contributed by atoms with Gasteiger partial charge in [-0.15, -0.1) is 0 Å². The molecule has 0 unspecified atom stereocenters. The maximum absolute atomic E-state index is 12.8. The van der Waals surface area contributed by atoms with E-state index in [0.29, 0.717) is 31.9 Å². The van der Waals surface area contributed by atoms with E-state index in [9.17, 15) is 21.6 Å².